The zero-order chi connectivity index (χ0) is 14.0. The summed E-state index contributed by atoms with van der Waals surface area (Å²) in [4.78, 5) is 25.2. The lowest BCUT2D eigenvalue weighted by atomic mass is 10.0. The topological polar surface area (TPSA) is 113 Å². The quantitative estimate of drug-likeness (QED) is 0.772. The van der Waals surface area contributed by atoms with Gasteiger partial charge in [0.15, 0.2) is 0 Å². The fraction of sp³-hybridized carbons (Fsp3) is 0.455. The van der Waals surface area contributed by atoms with Crippen LogP contribution in [-0.2, 0) is 14.8 Å². The SMILES string of the molecule is NC(=O)C1CCCCN1S(=O)(=O)c1c[nH]ccc1=O. The van der Waals surface area contributed by atoms with Gasteiger partial charge in [0.25, 0.3) is 0 Å². The van der Waals surface area contributed by atoms with Crippen LogP contribution in [0.15, 0.2) is 28.2 Å². The lowest BCUT2D eigenvalue weighted by Gasteiger charge is -2.32. The van der Waals surface area contributed by atoms with Crippen LogP contribution in [0.3, 0.4) is 0 Å². The number of pyridine rings is 1. The molecule has 1 fully saturated rings. The van der Waals surface area contributed by atoms with Gasteiger partial charge in [0.1, 0.15) is 10.9 Å². The van der Waals surface area contributed by atoms with Crippen LogP contribution >= 0.6 is 0 Å². The van der Waals surface area contributed by atoms with E-state index in [9.17, 15) is 18.0 Å². The summed E-state index contributed by atoms with van der Waals surface area (Å²) in [6.45, 7) is 0.199. The molecule has 0 bridgehead atoms. The summed E-state index contributed by atoms with van der Waals surface area (Å²) in [6.07, 6.45) is 4.26. The fourth-order valence-corrected chi connectivity index (χ4v) is 3.91. The molecule has 2 heterocycles. The van der Waals surface area contributed by atoms with Gasteiger partial charge in [0.2, 0.25) is 21.4 Å². The predicted molar refractivity (Wildman–Crippen MR) is 67.8 cm³/mol. The molecular formula is C11H15N3O4S. The van der Waals surface area contributed by atoms with E-state index in [0.717, 1.165) is 23.0 Å². The van der Waals surface area contributed by atoms with Crippen molar-refractivity contribution in [3.63, 3.8) is 0 Å². The molecule has 7 nitrogen and oxygen atoms in total. The van der Waals surface area contributed by atoms with Crippen LogP contribution in [0.5, 0.6) is 0 Å². The molecule has 104 valence electrons. The summed E-state index contributed by atoms with van der Waals surface area (Å²) in [6, 6.07) is 0.259. The Morgan fingerprint density at radius 3 is 2.79 bits per heavy atom. The van der Waals surface area contributed by atoms with E-state index < -0.39 is 27.4 Å². The molecule has 1 aliphatic heterocycles. The van der Waals surface area contributed by atoms with E-state index in [0.29, 0.717) is 12.8 Å². The van der Waals surface area contributed by atoms with Crippen molar-refractivity contribution in [2.75, 3.05) is 6.54 Å². The molecule has 0 spiro atoms. The number of nitrogens with zero attached hydrogens (tertiary/aromatic N) is 1. The first-order chi connectivity index (χ1) is 8.94. The average Bonchev–Trinajstić information content (AvgIpc) is 2.39. The minimum Gasteiger partial charge on any atom is -0.368 e. The maximum atomic E-state index is 12.4. The van der Waals surface area contributed by atoms with Crippen molar-refractivity contribution < 1.29 is 13.2 Å². The molecule has 1 aliphatic rings. The van der Waals surface area contributed by atoms with Gasteiger partial charge in [0, 0.05) is 25.0 Å². The zero-order valence-electron chi connectivity index (χ0n) is 10.2. The van der Waals surface area contributed by atoms with E-state index in [1.54, 1.807) is 0 Å². The monoisotopic (exact) mass is 285 g/mol. The second kappa shape index (κ2) is 5.14. The Morgan fingerprint density at radius 2 is 2.16 bits per heavy atom. The van der Waals surface area contributed by atoms with Crippen LogP contribution in [0.2, 0.25) is 0 Å². The largest absolute Gasteiger partial charge is 0.368 e. The zero-order valence-corrected chi connectivity index (χ0v) is 11.0. The third-order valence-electron chi connectivity index (χ3n) is 3.16. The number of nitrogens with two attached hydrogens (primary N) is 1. The van der Waals surface area contributed by atoms with Crippen LogP contribution < -0.4 is 11.2 Å². The fourth-order valence-electron chi connectivity index (χ4n) is 2.21. The Kier molecular flexibility index (Phi) is 3.72. The molecule has 0 radical (unpaired) electrons. The van der Waals surface area contributed by atoms with Gasteiger partial charge in [-0.2, -0.15) is 4.31 Å². The molecule has 1 atom stereocenters. The molecule has 1 aromatic heterocycles. The number of sulfonamides is 1. The molecule has 1 aromatic rings. The van der Waals surface area contributed by atoms with E-state index in [1.165, 1.54) is 6.20 Å². The number of H-pyrrole nitrogens is 1. The summed E-state index contributed by atoms with van der Waals surface area (Å²) in [5, 5.41) is 0. The molecule has 0 saturated carbocycles. The second-order valence-corrected chi connectivity index (χ2v) is 6.26. The minimum absolute atomic E-state index is 0.199. The molecule has 0 aliphatic carbocycles. The van der Waals surface area contributed by atoms with Crippen LogP contribution in [0.25, 0.3) is 0 Å². The molecule has 8 heteroatoms. The van der Waals surface area contributed by atoms with Crippen LogP contribution in [0.4, 0.5) is 0 Å². The first-order valence-corrected chi connectivity index (χ1v) is 7.37. The highest BCUT2D eigenvalue weighted by atomic mass is 32.2. The van der Waals surface area contributed by atoms with Gasteiger partial charge in [-0.15, -0.1) is 0 Å². The summed E-state index contributed by atoms with van der Waals surface area (Å²) >= 11 is 0. The highest BCUT2D eigenvalue weighted by molar-refractivity contribution is 7.89. The van der Waals surface area contributed by atoms with E-state index in [1.807, 2.05) is 0 Å². The van der Waals surface area contributed by atoms with Crippen molar-refractivity contribution in [2.45, 2.75) is 30.2 Å². The maximum absolute atomic E-state index is 12.4. The van der Waals surface area contributed by atoms with Crippen molar-refractivity contribution in [1.82, 2.24) is 9.29 Å². The number of aromatic amines is 1. The molecule has 2 rings (SSSR count). The Hall–Kier alpha value is -1.67. The van der Waals surface area contributed by atoms with Gasteiger partial charge in [-0.05, 0) is 12.8 Å². The van der Waals surface area contributed by atoms with Crippen molar-refractivity contribution in [3.05, 3.63) is 28.7 Å². The first kappa shape index (κ1) is 13.8. The lowest BCUT2D eigenvalue weighted by molar-refractivity contribution is -0.122. The van der Waals surface area contributed by atoms with Gasteiger partial charge in [-0.3, -0.25) is 9.59 Å². The number of aromatic nitrogens is 1. The molecule has 0 aromatic carbocycles. The minimum atomic E-state index is -4.00. The third-order valence-corrected chi connectivity index (χ3v) is 5.09. The standard InChI is InChI=1S/C11H15N3O4S/c12-11(16)8-3-1-2-6-14(8)19(17,18)10-7-13-5-4-9(10)15/h4-5,7-8H,1-3,6H2,(H2,12,16)(H,13,15). The third kappa shape index (κ3) is 2.54. The van der Waals surface area contributed by atoms with Gasteiger partial charge in [-0.25, -0.2) is 8.42 Å². The van der Waals surface area contributed by atoms with Crippen molar-refractivity contribution >= 4 is 15.9 Å². The number of hydrogen-bond acceptors (Lipinski definition) is 4. The van der Waals surface area contributed by atoms with Crippen molar-refractivity contribution in [3.8, 4) is 0 Å². The Bertz CT molecular complexity index is 637. The van der Waals surface area contributed by atoms with Gasteiger partial charge >= 0.3 is 0 Å². The van der Waals surface area contributed by atoms with Crippen molar-refractivity contribution in [2.24, 2.45) is 5.73 Å². The van der Waals surface area contributed by atoms with Crippen molar-refractivity contribution in [1.29, 1.82) is 0 Å². The Balaban J connectivity index is 2.46. The summed E-state index contributed by atoms with van der Waals surface area (Å²) < 4.78 is 25.9. The number of rotatable bonds is 3. The normalized spacial score (nSPS) is 21.2. The molecule has 1 unspecified atom stereocenters. The van der Waals surface area contributed by atoms with Crippen LogP contribution in [-0.4, -0.2) is 36.2 Å². The molecular weight excluding hydrogens is 270 g/mol. The Labute approximate surface area is 110 Å². The van der Waals surface area contributed by atoms with E-state index in [-0.39, 0.29) is 11.4 Å². The average molecular weight is 285 g/mol. The lowest BCUT2D eigenvalue weighted by Crippen LogP contribution is -2.51. The van der Waals surface area contributed by atoms with E-state index in [2.05, 4.69) is 4.98 Å². The number of amides is 1. The number of carbonyl (C=O) groups excluding carboxylic acids is 1. The van der Waals surface area contributed by atoms with Gasteiger partial charge in [-0.1, -0.05) is 6.42 Å². The molecule has 1 amide bonds. The highest BCUT2D eigenvalue weighted by Crippen LogP contribution is 2.23. The molecule has 1 saturated heterocycles. The number of primary amides is 1. The number of nitrogens with one attached hydrogen (secondary N) is 1. The summed E-state index contributed by atoms with van der Waals surface area (Å²) in [5.41, 5.74) is 4.64. The number of carbonyl (C=O) groups is 1. The van der Waals surface area contributed by atoms with Crippen LogP contribution in [0, 0.1) is 0 Å². The van der Waals surface area contributed by atoms with Gasteiger partial charge in [0.05, 0.1) is 0 Å². The number of piperidine rings is 1. The molecule has 19 heavy (non-hydrogen) atoms. The predicted octanol–water partition coefficient (Wildman–Crippen LogP) is -0.597. The van der Waals surface area contributed by atoms with Gasteiger partial charge < -0.3 is 10.7 Å². The second-order valence-electron chi connectivity index (χ2n) is 4.40. The number of hydrogen-bond donors (Lipinski definition) is 2. The maximum Gasteiger partial charge on any atom is 0.249 e. The first-order valence-electron chi connectivity index (χ1n) is 5.93. The van der Waals surface area contributed by atoms with E-state index >= 15 is 0 Å². The molecule has 3 N–H and O–H groups in total. The van der Waals surface area contributed by atoms with E-state index in [4.69, 9.17) is 5.73 Å². The Morgan fingerprint density at radius 1 is 1.42 bits per heavy atom. The highest BCUT2D eigenvalue weighted by Gasteiger charge is 2.37. The smallest absolute Gasteiger partial charge is 0.249 e. The van der Waals surface area contributed by atoms with Crippen LogP contribution in [0.1, 0.15) is 19.3 Å². The summed E-state index contributed by atoms with van der Waals surface area (Å²) in [5.74, 6) is -0.685. The summed E-state index contributed by atoms with van der Waals surface area (Å²) in [7, 11) is -4.00.